The van der Waals surface area contributed by atoms with E-state index < -0.39 is 35.0 Å². The molecule has 2 aromatic rings. The molecule has 0 bridgehead atoms. The van der Waals surface area contributed by atoms with Gasteiger partial charge < -0.3 is 5.32 Å². The Kier molecular flexibility index (Phi) is 5.77. The number of hydrogen-bond donors (Lipinski definition) is 1. The molecule has 1 aromatic heterocycles. The van der Waals surface area contributed by atoms with Gasteiger partial charge in [0.2, 0.25) is 0 Å². The van der Waals surface area contributed by atoms with Crippen LogP contribution in [0.25, 0.3) is 0 Å². The summed E-state index contributed by atoms with van der Waals surface area (Å²) >= 11 is 1.23. The molecular formula is C16H17F3N6O2S. The lowest BCUT2D eigenvalue weighted by molar-refractivity contribution is 0.117. The molecule has 1 N–H and O–H groups in total. The lowest BCUT2D eigenvalue weighted by Gasteiger charge is -2.40. The Morgan fingerprint density at radius 1 is 1.14 bits per heavy atom. The minimum absolute atomic E-state index is 0.189. The van der Waals surface area contributed by atoms with Crippen LogP contribution in [0.2, 0.25) is 0 Å². The summed E-state index contributed by atoms with van der Waals surface area (Å²) in [6, 6.07) is -0.237. The lowest BCUT2D eigenvalue weighted by Crippen LogP contribution is -2.63. The Morgan fingerprint density at radius 3 is 2.50 bits per heavy atom. The van der Waals surface area contributed by atoms with Crippen LogP contribution < -0.4 is 5.32 Å². The predicted molar refractivity (Wildman–Crippen MR) is 94.3 cm³/mol. The van der Waals surface area contributed by atoms with E-state index in [1.54, 1.807) is 7.05 Å². The maximum atomic E-state index is 14.1. The van der Waals surface area contributed by atoms with E-state index in [4.69, 9.17) is 0 Å². The standard InChI is InChI=1S/C16H17F3N6O2S/c1-3-28-15-21-14(26)24(7-13-20-8-23(2)22-13)16(27)25(15)6-9-4-11(18)12(19)5-10(9)17/h4-5,8,15H,3,6-7H2,1-2H3,(H,21,26). The highest BCUT2D eigenvalue weighted by Crippen LogP contribution is 2.25. The van der Waals surface area contributed by atoms with Crippen molar-refractivity contribution in [1.29, 1.82) is 0 Å². The molecule has 4 amide bonds. The highest BCUT2D eigenvalue weighted by atomic mass is 32.2. The van der Waals surface area contributed by atoms with Gasteiger partial charge in [0.05, 0.1) is 13.1 Å². The van der Waals surface area contributed by atoms with E-state index in [0.717, 1.165) is 4.90 Å². The zero-order valence-electron chi connectivity index (χ0n) is 15.0. The topological polar surface area (TPSA) is 83.4 Å². The zero-order valence-corrected chi connectivity index (χ0v) is 15.8. The van der Waals surface area contributed by atoms with Crippen molar-refractivity contribution < 1.29 is 22.8 Å². The summed E-state index contributed by atoms with van der Waals surface area (Å²) < 4.78 is 42.2. The molecule has 1 aromatic carbocycles. The Labute approximate surface area is 162 Å². The van der Waals surface area contributed by atoms with Crippen molar-refractivity contribution in [2.24, 2.45) is 7.05 Å². The molecule has 1 aliphatic heterocycles. The first-order valence-electron chi connectivity index (χ1n) is 8.28. The van der Waals surface area contributed by atoms with Crippen molar-refractivity contribution in [2.75, 3.05) is 5.75 Å². The summed E-state index contributed by atoms with van der Waals surface area (Å²) in [6.07, 6.45) is 1.42. The molecule has 8 nitrogen and oxygen atoms in total. The SMILES string of the molecule is CCSC1NC(=O)N(Cc2ncn(C)n2)C(=O)N1Cc1cc(F)c(F)cc1F. The summed E-state index contributed by atoms with van der Waals surface area (Å²) in [5.74, 6) is -2.73. The molecule has 1 fully saturated rings. The largest absolute Gasteiger partial charge is 0.331 e. The third-order valence-electron chi connectivity index (χ3n) is 3.95. The second kappa shape index (κ2) is 8.09. The first-order chi connectivity index (χ1) is 13.3. The lowest BCUT2D eigenvalue weighted by atomic mass is 10.2. The minimum atomic E-state index is -1.32. The fourth-order valence-corrected chi connectivity index (χ4v) is 3.49. The second-order valence-electron chi connectivity index (χ2n) is 5.95. The van der Waals surface area contributed by atoms with Gasteiger partial charge in [-0.25, -0.2) is 32.6 Å². The van der Waals surface area contributed by atoms with Crippen molar-refractivity contribution in [3.05, 3.63) is 47.3 Å². The van der Waals surface area contributed by atoms with E-state index in [1.807, 2.05) is 6.92 Å². The van der Waals surface area contributed by atoms with Crippen LogP contribution in [0.4, 0.5) is 22.8 Å². The first-order valence-corrected chi connectivity index (χ1v) is 9.33. The number of nitrogens with one attached hydrogen (secondary N) is 1. The number of hydrogen-bond acceptors (Lipinski definition) is 5. The maximum absolute atomic E-state index is 14.1. The Morgan fingerprint density at radius 2 is 1.86 bits per heavy atom. The molecule has 1 unspecified atom stereocenters. The molecule has 0 aliphatic carbocycles. The molecule has 0 radical (unpaired) electrons. The quantitative estimate of drug-likeness (QED) is 0.734. The molecule has 1 aliphatic rings. The second-order valence-corrected chi connectivity index (χ2v) is 7.30. The van der Waals surface area contributed by atoms with E-state index in [9.17, 15) is 22.8 Å². The number of aromatic nitrogens is 3. The third-order valence-corrected chi connectivity index (χ3v) is 4.97. The van der Waals surface area contributed by atoms with E-state index in [2.05, 4.69) is 15.4 Å². The Bertz CT molecular complexity index is 908. The van der Waals surface area contributed by atoms with Gasteiger partial charge in [-0.3, -0.25) is 9.58 Å². The molecule has 150 valence electrons. The smallest absolute Gasteiger partial charge is 0.308 e. The van der Waals surface area contributed by atoms with Crippen LogP contribution in [0.15, 0.2) is 18.5 Å². The normalized spacial score (nSPS) is 17.2. The van der Waals surface area contributed by atoms with Crippen LogP contribution in [0.5, 0.6) is 0 Å². The number of imide groups is 1. The number of carbonyl (C=O) groups excluding carboxylic acids is 2. The van der Waals surface area contributed by atoms with Crippen LogP contribution >= 0.6 is 11.8 Å². The van der Waals surface area contributed by atoms with Gasteiger partial charge in [0.15, 0.2) is 23.0 Å². The number of carbonyl (C=O) groups is 2. The molecular weight excluding hydrogens is 397 g/mol. The fraction of sp³-hybridized carbons (Fsp3) is 0.375. The molecule has 12 heteroatoms. The summed E-state index contributed by atoms with van der Waals surface area (Å²) in [7, 11) is 1.64. The molecule has 3 rings (SSSR count). The van der Waals surface area contributed by atoms with Crippen LogP contribution in [-0.2, 0) is 20.1 Å². The number of urea groups is 2. The third kappa shape index (κ3) is 4.06. The van der Waals surface area contributed by atoms with Crippen molar-refractivity contribution in [1.82, 2.24) is 29.9 Å². The summed E-state index contributed by atoms with van der Waals surface area (Å²) in [5, 5.41) is 6.67. The molecule has 1 atom stereocenters. The van der Waals surface area contributed by atoms with Gasteiger partial charge in [0.25, 0.3) is 0 Å². The average Bonchev–Trinajstić information content (AvgIpc) is 3.04. The molecule has 2 heterocycles. The number of benzene rings is 1. The van der Waals surface area contributed by atoms with Crippen LogP contribution in [0.1, 0.15) is 18.3 Å². The number of thioether (sulfide) groups is 1. The highest BCUT2D eigenvalue weighted by Gasteiger charge is 2.39. The Balaban J connectivity index is 1.87. The van der Waals surface area contributed by atoms with E-state index in [-0.39, 0.29) is 24.5 Å². The highest BCUT2D eigenvalue weighted by molar-refractivity contribution is 7.99. The molecule has 0 saturated carbocycles. The van der Waals surface area contributed by atoms with Crippen molar-refractivity contribution in [3.63, 3.8) is 0 Å². The monoisotopic (exact) mass is 414 g/mol. The predicted octanol–water partition coefficient (Wildman–Crippen LogP) is 2.42. The van der Waals surface area contributed by atoms with Gasteiger partial charge in [-0.1, -0.05) is 6.92 Å². The van der Waals surface area contributed by atoms with Gasteiger partial charge >= 0.3 is 12.1 Å². The number of nitrogens with zero attached hydrogens (tertiary/aromatic N) is 5. The van der Waals surface area contributed by atoms with Gasteiger partial charge in [0, 0.05) is 18.7 Å². The van der Waals surface area contributed by atoms with Crippen LogP contribution in [0.3, 0.4) is 0 Å². The van der Waals surface area contributed by atoms with E-state index >= 15 is 0 Å². The number of amides is 4. The first kappa shape index (κ1) is 20.0. The van der Waals surface area contributed by atoms with Crippen LogP contribution in [-0.4, -0.2) is 47.9 Å². The maximum Gasteiger partial charge on any atom is 0.331 e. The minimum Gasteiger partial charge on any atom is -0.308 e. The molecule has 1 saturated heterocycles. The van der Waals surface area contributed by atoms with Crippen molar-refractivity contribution in [3.8, 4) is 0 Å². The zero-order chi connectivity index (χ0) is 20.4. The number of aryl methyl sites for hydroxylation is 1. The number of halogens is 3. The average molecular weight is 414 g/mol. The summed E-state index contributed by atoms with van der Waals surface area (Å²) in [6.45, 7) is 1.28. The summed E-state index contributed by atoms with van der Waals surface area (Å²) in [4.78, 5) is 31.3. The number of rotatable bonds is 6. The van der Waals surface area contributed by atoms with Crippen molar-refractivity contribution in [2.45, 2.75) is 25.5 Å². The van der Waals surface area contributed by atoms with Crippen molar-refractivity contribution >= 4 is 23.8 Å². The van der Waals surface area contributed by atoms with E-state index in [0.29, 0.717) is 17.9 Å². The van der Waals surface area contributed by atoms with Gasteiger partial charge in [-0.05, 0) is 11.8 Å². The van der Waals surface area contributed by atoms with Gasteiger partial charge in [-0.15, -0.1) is 11.8 Å². The summed E-state index contributed by atoms with van der Waals surface area (Å²) in [5.41, 5.74) is -0.994. The van der Waals surface area contributed by atoms with Gasteiger partial charge in [-0.2, -0.15) is 5.10 Å². The van der Waals surface area contributed by atoms with Gasteiger partial charge in [0.1, 0.15) is 12.1 Å². The Hall–Kier alpha value is -2.76. The van der Waals surface area contributed by atoms with E-state index in [1.165, 1.54) is 27.7 Å². The van der Waals surface area contributed by atoms with Crippen LogP contribution in [0, 0.1) is 17.5 Å². The molecule has 0 spiro atoms. The fourth-order valence-electron chi connectivity index (χ4n) is 2.65. The molecule has 28 heavy (non-hydrogen) atoms.